The standard InChI is InChI=1S/C14H17ClN2O3/c1-20-14(19)9-2-5-11(6-3-9)17-13(18)10-4-7-12(15)16-8-10/h4,7-9,11H,2-3,5-6H2,1H3,(H,17,18). The summed E-state index contributed by atoms with van der Waals surface area (Å²) in [6.07, 6.45) is 4.52. The second-order valence-electron chi connectivity index (χ2n) is 4.91. The van der Waals surface area contributed by atoms with Gasteiger partial charge in [-0.3, -0.25) is 9.59 Å². The third-order valence-electron chi connectivity index (χ3n) is 3.59. The van der Waals surface area contributed by atoms with Crippen LogP contribution in [0.25, 0.3) is 0 Å². The zero-order valence-electron chi connectivity index (χ0n) is 11.3. The van der Waals surface area contributed by atoms with Gasteiger partial charge < -0.3 is 10.1 Å². The molecule has 0 radical (unpaired) electrons. The smallest absolute Gasteiger partial charge is 0.308 e. The molecular weight excluding hydrogens is 280 g/mol. The number of nitrogens with one attached hydrogen (secondary N) is 1. The highest BCUT2D eigenvalue weighted by molar-refractivity contribution is 6.29. The van der Waals surface area contributed by atoms with E-state index in [1.807, 2.05) is 0 Å². The highest BCUT2D eigenvalue weighted by Crippen LogP contribution is 2.25. The van der Waals surface area contributed by atoms with E-state index >= 15 is 0 Å². The molecule has 108 valence electrons. The average Bonchev–Trinajstić information content (AvgIpc) is 2.48. The molecule has 1 N–H and O–H groups in total. The lowest BCUT2D eigenvalue weighted by Gasteiger charge is -2.27. The van der Waals surface area contributed by atoms with Crippen molar-refractivity contribution in [1.82, 2.24) is 10.3 Å². The Bertz CT molecular complexity index is 482. The van der Waals surface area contributed by atoms with Gasteiger partial charge in [-0.15, -0.1) is 0 Å². The minimum absolute atomic E-state index is 0.0367. The number of ether oxygens (including phenoxy) is 1. The quantitative estimate of drug-likeness (QED) is 0.686. The third kappa shape index (κ3) is 3.70. The number of amides is 1. The van der Waals surface area contributed by atoms with Crippen molar-refractivity contribution in [3.63, 3.8) is 0 Å². The maximum absolute atomic E-state index is 12.0. The number of aromatic nitrogens is 1. The Kier molecular flexibility index (Phi) is 4.95. The molecule has 1 aliphatic carbocycles. The van der Waals surface area contributed by atoms with Crippen LogP contribution in [0.3, 0.4) is 0 Å². The fourth-order valence-corrected chi connectivity index (χ4v) is 2.53. The van der Waals surface area contributed by atoms with Gasteiger partial charge in [-0.05, 0) is 37.8 Å². The highest BCUT2D eigenvalue weighted by atomic mass is 35.5. The molecule has 0 spiro atoms. The van der Waals surface area contributed by atoms with Crippen LogP contribution in [-0.2, 0) is 9.53 Å². The van der Waals surface area contributed by atoms with Crippen molar-refractivity contribution in [3.8, 4) is 0 Å². The zero-order valence-corrected chi connectivity index (χ0v) is 12.0. The number of halogens is 1. The number of esters is 1. The first-order chi connectivity index (χ1) is 9.60. The molecule has 20 heavy (non-hydrogen) atoms. The van der Waals surface area contributed by atoms with E-state index in [1.165, 1.54) is 13.3 Å². The Balaban J connectivity index is 1.85. The number of carbonyl (C=O) groups is 2. The van der Waals surface area contributed by atoms with Gasteiger partial charge in [0.1, 0.15) is 5.15 Å². The summed E-state index contributed by atoms with van der Waals surface area (Å²) in [5, 5.41) is 3.32. The first kappa shape index (κ1) is 14.8. The third-order valence-corrected chi connectivity index (χ3v) is 3.81. The molecule has 2 rings (SSSR count). The van der Waals surface area contributed by atoms with Crippen LogP contribution in [0.5, 0.6) is 0 Å². The Morgan fingerprint density at radius 3 is 2.55 bits per heavy atom. The molecule has 0 aliphatic heterocycles. The van der Waals surface area contributed by atoms with Crippen LogP contribution in [0.4, 0.5) is 0 Å². The Morgan fingerprint density at radius 1 is 1.30 bits per heavy atom. The van der Waals surface area contributed by atoms with Crippen molar-refractivity contribution >= 4 is 23.5 Å². The summed E-state index contributed by atoms with van der Waals surface area (Å²) in [7, 11) is 1.41. The van der Waals surface area contributed by atoms with Gasteiger partial charge >= 0.3 is 5.97 Å². The number of pyridine rings is 1. The van der Waals surface area contributed by atoms with Crippen molar-refractivity contribution in [2.75, 3.05) is 7.11 Å². The van der Waals surface area contributed by atoms with Crippen LogP contribution >= 0.6 is 11.6 Å². The van der Waals surface area contributed by atoms with E-state index in [4.69, 9.17) is 16.3 Å². The zero-order chi connectivity index (χ0) is 14.5. The fraction of sp³-hybridized carbons (Fsp3) is 0.500. The van der Waals surface area contributed by atoms with Gasteiger partial charge in [-0.1, -0.05) is 11.6 Å². The summed E-state index contributed by atoms with van der Waals surface area (Å²) in [6.45, 7) is 0. The summed E-state index contributed by atoms with van der Waals surface area (Å²) in [4.78, 5) is 27.3. The van der Waals surface area contributed by atoms with Gasteiger partial charge in [0.05, 0.1) is 18.6 Å². The van der Waals surface area contributed by atoms with Gasteiger partial charge in [0.15, 0.2) is 0 Å². The van der Waals surface area contributed by atoms with Crippen LogP contribution in [-0.4, -0.2) is 30.0 Å². The molecule has 1 fully saturated rings. The number of nitrogens with zero attached hydrogens (tertiary/aromatic N) is 1. The molecule has 1 aromatic heterocycles. The van der Waals surface area contributed by atoms with Gasteiger partial charge in [0, 0.05) is 12.2 Å². The first-order valence-electron chi connectivity index (χ1n) is 6.60. The maximum atomic E-state index is 12.0. The second-order valence-corrected chi connectivity index (χ2v) is 5.30. The van der Waals surface area contributed by atoms with Crippen molar-refractivity contribution in [2.24, 2.45) is 5.92 Å². The van der Waals surface area contributed by atoms with E-state index < -0.39 is 0 Å². The van der Waals surface area contributed by atoms with Gasteiger partial charge in [0.25, 0.3) is 5.91 Å². The number of hydrogen-bond donors (Lipinski definition) is 1. The van der Waals surface area contributed by atoms with Gasteiger partial charge in [-0.25, -0.2) is 4.98 Å². The second kappa shape index (κ2) is 6.70. The topological polar surface area (TPSA) is 68.3 Å². The van der Waals surface area contributed by atoms with Crippen molar-refractivity contribution < 1.29 is 14.3 Å². The Labute approximate surface area is 122 Å². The summed E-state index contributed by atoms with van der Waals surface area (Å²) in [5.41, 5.74) is 0.490. The molecule has 0 saturated heterocycles. The van der Waals surface area contributed by atoms with Crippen molar-refractivity contribution in [2.45, 2.75) is 31.7 Å². The highest BCUT2D eigenvalue weighted by Gasteiger charge is 2.27. The molecular formula is C14H17ClN2O3. The van der Waals surface area contributed by atoms with Crippen LogP contribution in [0.2, 0.25) is 5.15 Å². The number of rotatable bonds is 3. The number of hydrogen-bond acceptors (Lipinski definition) is 4. The predicted octanol–water partition coefficient (Wildman–Crippen LogP) is 2.20. The molecule has 1 saturated carbocycles. The summed E-state index contributed by atoms with van der Waals surface area (Å²) in [5.74, 6) is -0.349. The van der Waals surface area contributed by atoms with E-state index in [2.05, 4.69) is 10.3 Å². The Morgan fingerprint density at radius 2 is 2.00 bits per heavy atom. The van der Waals surface area contributed by atoms with E-state index in [9.17, 15) is 9.59 Å². The molecule has 6 heteroatoms. The molecule has 1 amide bonds. The molecule has 1 heterocycles. The van der Waals surface area contributed by atoms with E-state index in [0.29, 0.717) is 10.7 Å². The summed E-state index contributed by atoms with van der Waals surface area (Å²) >= 11 is 5.68. The van der Waals surface area contributed by atoms with E-state index in [1.54, 1.807) is 12.1 Å². The fourth-order valence-electron chi connectivity index (χ4n) is 2.42. The normalized spacial score (nSPS) is 22.1. The molecule has 0 bridgehead atoms. The van der Waals surface area contributed by atoms with Crippen LogP contribution in [0, 0.1) is 5.92 Å². The first-order valence-corrected chi connectivity index (χ1v) is 6.98. The Hall–Kier alpha value is -1.62. The molecule has 1 aromatic rings. The lowest BCUT2D eigenvalue weighted by Crippen LogP contribution is -2.38. The largest absolute Gasteiger partial charge is 0.469 e. The van der Waals surface area contributed by atoms with Crippen LogP contribution in [0.15, 0.2) is 18.3 Å². The van der Waals surface area contributed by atoms with Crippen molar-refractivity contribution in [3.05, 3.63) is 29.0 Å². The molecule has 0 aromatic carbocycles. The number of carbonyl (C=O) groups excluding carboxylic acids is 2. The van der Waals surface area contributed by atoms with Crippen LogP contribution in [0.1, 0.15) is 36.0 Å². The minimum Gasteiger partial charge on any atom is -0.469 e. The summed E-state index contributed by atoms with van der Waals surface area (Å²) in [6, 6.07) is 3.33. The lowest BCUT2D eigenvalue weighted by atomic mass is 9.86. The van der Waals surface area contributed by atoms with Crippen LogP contribution < -0.4 is 5.32 Å². The van der Waals surface area contributed by atoms with E-state index in [-0.39, 0.29) is 23.8 Å². The molecule has 1 aliphatic rings. The number of methoxy groups -OCH3 is 1. The SMILES string of the molecule is COC(=O)C1CCC(NC(=O)c2ccc(Cl)nc2)CC1. The lowest BCUT2D eigenvalue weighted by molar-refractivity contribution is -0.146. The average molecular weight is 297 g/mol. The maximum Gasteiger partial charge on any atom is 0.308 e. The molecule has 5 nitrogen and oxygen atoms in total. The monoisotopic (exact) mass is 296 g/mol. The predicted molar refractivity (Wildman–Crippen MR) is 74.5 cm³/mol. The summed E-state index contributed by atoms with van der Waals surface area (Å²) < 4.78 is 4.74. The van der Waals surface area contributed by atoms with E-state index in [0.717, 1.165) is 25.7 Å². The van der Waals surface area contributed by atoms with Gasteiger partial charge in [0.2, 0.25) is 0 Å². The molecule has 0 atom stereocenters. The van der Waals surface area contributed by atoms with Gasteiger partial charge in [-0.2, -0.15) is 0 Å². The molecule has 0 unspecified atom stereocenters. The minimum atomic E-state index is -0.157. The van der Waals surface area contributed by atoms with Crippen molar-refractivity contribution in [1.29, 1.82) is 0 Å².